The first kappa shape index (κ1) is 21.3. The second-order valence-corrected chi connectivity index (χ2v) is 9.67. The number of hydrogen-bond donors (Lipinski definition) is 2. The standard InChI is InChI=1S/C18H29BrCl2N2O2/c19-14(11-15(24)22-12-7-3-1-4-8-12)16(17(20)21)18(25)23-13-9-5-2-6-10-13/h12-14,16-17H,1-11H2,(H,22,24)(H,23,25). The summed E-state index contributed by atoms with van der Waals surface area (Å²) in [6.07, 6.45) is 11.4. The van der Waals surface area contributed by atoms with Gasteiger partial charge < -0.3 is 10.6 Å². The van der Waals surface area contributed by atoms with Gasteiger partial charge in [0.1, 0.15) is 4.84 Å². The first-order valence-electron chi connectivity index (χ1n) is 9.49. The van der Waals surface area contributed by atoms with E-state index in [0.29, 0.717) is 0 Å². The molecule has 0 spiro atoms. The predicted octanol–water partition coefficient (Wildman–Crippen LogP) is 4.46. The lowest BCUT2D eigenvalue weighted by molar-refractivity contribution is -0.126. The van der Waals surface area contributed by atoms with Gasteiger partial charge in [0.05, 0.1) is 5.92 Å². The van der Waals surface area contributed by atoms with Crippen molar-refractivity contribution in [2.45, 2.75) is 92.4 Å². The van der Waals surface area contributed by atoms with Crippen LogP contribution >= 0.6 is 39.1 Å². The summed E-state index contributed by atoms with van der Waals surface area (Å²) < 4.78 is 0. The molecule has 2 saturated carbocycles. The summed E-state index contributed by atoms with van der Waals surface area (Å²) in [5.41, 5.74) is 0. The minimum atomic E-state index is -0.851. The molecule has 2 fully saturated rings. The number of carbonyl (C=O) groups excluding carboxylic acids is 2. The Labute approximate surface area is 169 Å². The smallest absolute Gasteiger partial charge is 0.227 e. The van der Waals surface area contributed by atoms with E-state index in [4.69, 9.17) is 23.2 Å². The van der Waals surface area contributed by atoms with Crippen molar-refractivity contribution in [3.05, 3.63) is 0 Å². The van der Waals surface area contributed by atoms with Crippen molar-refractivity contribution in [3.8, 4) is 0 Å². The molecular weight excluding hydrogens is 427 g/mol. The highest BCUT2D eigenvalue weighted by molar-refractivity contribution is 9.09. The van der Waals surface area contributed by atoms with Gasteiger partial charge in [-0.2, -0.15) is 0 Å². The van der Waals surface area contributed by atoms with Gasteiger partial charge in [-0.05, 0) is 25.7 Å². The van der Waals surface area contributed by atoms with Gasteiger partial charge in [-0.1, -0.05) is 54.5 Å². The quantitative estimate of drug-likeness (QED) is 0.556. The predicted molar refractivity (Wildman–Crippen MR) is 106 cm³/mol. The maximum absolute atomic E-state index is 12.6. The molecule has 2 aliphatic carbocycles. The van der Waals surface area contributed by atoms with Crippen LogP contribution in [0.5, 0.6) is 0 Å². The number of rotatable bonds is 7. The molecule has 0 aromatic rings. The van der Waals surface area contributed by atoms with Crippen molar-refractivity contribution >= 4 is 50.9 Å². The summed E-state index contributed by atoms with van der Waals surface area (Å²) in [4.78, 5) is 23.7. The van der Waals surface area contributed by atoms with E-state index in [0.717, 1.165) is 38.5 Å². The molecule has 144 valence electrons. The summed E-state index contributed by atoms with van der Waals surface area (Å²) in [5, 5.41) is 6.14. The average molecular weight is 456 g/mol. The van der Waals surface area contributed by atoms with Crippen molar-refractivity contribution < 1.29 is 9.59 Å². The lowest BCUT2D eigenvalue weighted by atomic mass is 9.94. The maximum Gasteiger partial charge on any atom is 0.227 e. The SMILES string of the molecule is O=C(CC(Br)C(C(=O)NC1CCCCC1)C(Cl)Cl)NC1CCCCC1. The minimum Gasteiger partial charge on any atom is -0.353 e. The van der Waals surface area contributed by atoms with Gasteiger partial charge in [0.15, 0.2) is 0 Å². The van der Waals surface area contributed by atoms with Crippen molar-refractivity contribution in [1.82, 2.24) is 10.6 Å². The van der Waals surface area contributed by atoms with Crippen LogP contribution in [0, 0.1) is 5.92 Å². The average Bonchev–Trinajstić information content (AvgIpc) is 2.56. The number of carbonyl (C=O) groups is 2. The van der Waals surface area contributed by atoms with Crippen LogP contribution in [0.15, 0.2) is 0 Å². The van der Waals surface area contributed by atoms with Gasteiger partial charge in [0, 0.05) is 23.3 Å². The van der Waals surface area contributed by atoms with Crippen LogP contribution < -0.4 is 10.6 Å². The first-order chi connectivity index (χ1) is 12.0. The van der Waals surface area contributed by atoms with Crippen LogP contribution in [0.25, 0.3) is 0 Å². The lowest BCUT2D eigenvalue weighted by Crippen LogP contribution is -2.46. The fraction of sp³-hybridized carbons (Fsp3) is 0.889. The van der Waals surface area contributed by atoms with Gasteiger partial charge in [-0.25, -0.2) is 0 Å². The molecule has 2 atom stereocenters. The van der Waals surface area contributed by atoms with E-state index in [-0.39, 0.29) is 35.1 Å². The molecule has 0 bridgehead atoms. The number of hydrogen-bond acceptors (Lipinski definition) is 2. The molecule has 7 heteroatoms. The molecule has 2 unspecified atom stereocenters. The molecule has 2 N–H and O–H groups in total. The zero-order valence-electron chi connectivity index (χ0n) is 14.6. The molecule has 0 aromatic carbocycles. The minimum absolute atomic E-state index is 0.0433. The van der Waals surface area contributed by atoms with E-state index in [1.54, 1.807) is 0 Å². The van der Waals surface area contributed by atoms with E-state index < -0.39 is 10.8 Å². The number of halogens is 3. The zero-order valence-corrected chi connectivity index (χ0v) is 17.7. The molecule has 0 aromatic heterocycles. The fourth-order valence-corrected chi connectivity index (χ4v) is 5.59. The van der Waals surface area contributed by atoms with Gasteiger partial charge in [0.25, 0.3) is 0 Å². The molecule has 0 heterocycles. The molecule has 0 aliphatic heterocycles. The molecule has 2 aliphatic rings. The van der Waals surface area contributed by atoms with Crippen LogP contribution in [0.3, 0.4) is 0 Å². The van der Waals surface area contributed by atoms with Gasteiger partial charge in [0.2, 0.25) is 11.8 Å². The second kappa shape index (κ2) is 11.0. The Bertz CT molecular complexity index is 439. The summed E-state index contributed by atoms with van der Waals surface area (Å²) >= 11 is 15.6. The van der Waals surface area contributed by atoms with E-state index in [1.807, 2.05) is 0 Å². The summed E-state index contributed by atoms with van der Waals surface area (Å²) in [7, 11) is 0. The topological polar surface area (TPSA) is 58.2 Å². The Morgan fingerprint density at radius 2 is 1.36 bits per heavy atom. The van der Waals surface area contributed by atoms with E-state index >= 15 is 0 Å². The van der Waals surface area contributed by atoms with Crippen molar-refractivity contribution in [1.29, 1.82) is 0 Å². The van der Waals surface area contributed by atoms with Crippen LogP contribution in [0.1, 0.15) is 70.6 Å². The molecule has 2 amide bonds. The Kier molecular flexibility index (Phi) is 9.36. The lowest BCUT2D eigenvalue weighted by Gasteiger charge is -2.28. The number of nitrogens with one attached hydrogen (secondary N) is 2. The molecule has 2 rings (SSSR count). The van der Waals surface area contributed by atoms with E-state index in [2.05, 4.69) is 26.6 Å². The van der Waals surface area contributed by atoms with Crippen LogP contribution in [0.2, 0.25) is 0 Å². The summed E-state index contributed by atoms with van der Waals surface area (Å²) in [6, 6.07) is 0.463. The molecule has 0 saturated heterocycles. The maximum atomic E-state index is 12.6. The normalized spacial score (nSPS) is 22.4. The van der Waals surface area contributed by atoms with Gasteiger partial charge >= 0.3 is 0 Å². The van der Waals surface area contributed by atoms with E-state index in [9.17, 15) is 9.59 Å². The van der Waals surface area contributed by atoms with Crippen molar-refractivity contribution in [2.75, 3.05) is 0 Å². The Morgan fingerprint density at radius 3 is 1.84 bits per heavy atom. The summed E-state index contributed by atoms with van der Waals surface area (Å²) in [5.74, 6) is -0.838. The number of amides is 2. The Morgan fingerprint density at radius 1 is 0.880 bits per heavy atom. The fourth-order valence-electron chi connectivity index (χ4n) is 3.82. The largest absolute Gasteiger partial charge is 0.353 e. The highest BCUT2D eigenvalue weighted by Crippen LogP contribution is 2.28. The van der Waals surface area contributed by atoms with Crippen LogP contribution in [0.4, 0.5) is 0 Å². The van der Waals surface area contributed by atoms with E-state index in [1.165, 1.54) is 25.7 Å². The van der Waals surface area contributed by atoms with Crippen molar-refractivity contribution in [2.24, 2.45) is 5.92 Å². The molecule has 4 nitrogen and oxygen atoms in total. The Balaban J connectivity index is 1.84. The van der Waals surface area contributed by atoms with Crippen molar-refractivity contribution in [3.63, 3.8) is 0 Å². The zero-order chi connectivity index (χ0) is 18.2. The monoisotopic (exact) mass is 454 g/mol. The third kappa shape index (κ3) is 7.26. The molecular formula is C18H29BrCl2N2O2. The third-order valence-electron chi connectivity index (χ3n) is 5.27. The Hall–Kier alpha value is -0.000000000000000111. The van der Waals surface area contributed by atoms with Crippen LogP contribution in [-0.2, 0) is 9.59 Å². The third-order valence-corrected chi connectivity index (χ3v) is 6.70. The summed E-state index contributed by atoms with van der Waals surface area (Å²) in [6.45, 7) is 0. The molecule has 0 radical (unpaired) electrons. The number of alkyl halides is 3. The van der Waals surface area contributed by atoms with Gasteiger partial charge in [-0.15, -0.1) is 23.2 Å². The van der Waals surface area contributed by atoms with Crippen LogP contribution in [-0.4, -0.2) is 33.6 Å². The highest BCUT2D eigenvalue weighted by atomic mass is 79.9. The first-order valence-corrected chi connectivity index (χ1v) is 11.3. The highest BCUT2D eigenvalue weighted by Gasteiger charge is 2.35. The molecule has 25 heavy (non-hydrogen) atoms. The van der Waals surface area contributed by atoms with Gasteiger partial charge in [-0.3, -0.25) is 9.59 Å². The second-order valence-electron chi connectivity index (χ2n) is 7.33.